The molecule has 3 heteroatoms. The van der Waals surface area contributed by atoms with Crippen molar-refractivity contribution in [2.75, 3.05) is 11.9 Å². The highest BCUT2D eigenvalue weighted by atomic mass is 15.3. The van der Waals surface area contributed by atoms with Gasteiger partial charge >= 0.3 is 0 Å². The Morgan fingerprint density at radius 2 is 1.09 bits per heavy atom. The van der Waals surface area contributed by atoms with Crippen molar-refractivity contribution >= 4 is 54.7 Å². The molecule has 8 aromatic rings. The summed E-state index contributed by atoms with van der Waals surface area (Å²) in [6.45, 7) is 2.17. The van der Waals surface area contributed by atoms with Crippen molar-refractivity contribution in [1.82, 2.24) is 10.3 Å². The number of fused-ring (bicyclic) bond motifs is 6. The van der Waals surface area contributed by atoms with E-state index in [9.17, 15) is 0 Å². The first-order valence-corrected chi connectivity index (χ1v) is 15.5. The predicted octanol–water partition coefficient (Wildman–Crippen LogP) is 10.7. The van der Waals surface area contributed by atoms with E-state index in [1.165, 1.54) is 60.3 Å². The molecule has 1 atom stereocenters. The van der Waals surface area contributed by atoms with Gasteiger partial charge in [0.15, 0.2) is 0 Å². The molecule has 216 valence electrons. The SMILES string of the molecule is CNC(c1ccc(-c2c3ccc4ccccc4c3nc3c2ccc2ccccc23)cc1)N(c1ccccc1)c1ccccc1C. The summed E-state index contributed by atoms with van der Waals surface area (Å²) < 4.78 is 0. The first kappa shape index (κ1) is 27.1. The van der Waals surface area contributed by atoms with E-state index in [4.69, 9.17) is 4.98 Å². The second kappa shape index (κ2) is 11.2. The van der Waals surface area contributed by atoms with Crippen molar-refractivity contribution in [3.8, 4) is 11.1 Å². The number of aryl methyl sites for hydroxylation is 1. The van der Waals surface area contributed by atoms with Gasteiger partial charge in [-0.05, 0) is 59.6 Å². The molecule has 0 aliphatic rings. The van der Waals surface area contributed by atoms with Gasteiger partial charge in [0.1, 0.15) is 6.17 Å². The lowest BCUT2D eigenvalue weighted by Crippen LogP contribution is -2.33. The predicted molar refractivity (Wildman–Crippen MR) is 191 cm³/mol. The minimum atomic E-state index is -0.0682. The molecule has 0 spiro atoms. The van der Waals surface area contributed by atoms with Crippen LogP contribution in [0.15, 0.2) is 152 Å². The lowest BCUT2D eigenvalue weighted by atomic mass is 9.92. The molecular weight excluding hydrogens is 546 g/mol. The van der Waals surface area contributed by atoms with Gasteiger partial charge < -0.3 is 4.90 Å². The monoisotopic (exact) mass is 579 g/mol. The Morgan fingerprint density at radius 1 is 0.533 bits per heavy atom. The number of para-hydroxylation sites is 2. The zero-order chi connectivity index (χ0) is 30.3. The van der Waals surface area contributed by atoms with Crippen LogP contribution in [-0.4, -0.2) is 12.0 Å². The number of aromatic nitrogens is 1. The van der Waals surface area contributed by atoms with E-state index in [0.29, 0.717) is 0 Å². The van der Waals surface area contributed by atoms with Crippen molar-refractivity contribution in [2.45, 2.75) is 13.1 Å². The number of hydrogen-bond donors (Lipinski definition) is 1. The number of nitrogens with one attached hydrogen (secondary N) is 1. The van der Waals surface area contributed by atoms with E-state index >= 15 is 0 Å². The zero-order valence-electron chi connectivity index (χ0n) is 25.4. The molecule has 3 nitrogen and oxygen atoms in total. The molecule has 0 bridgehead atoms. The molecule has 45 heavy (non-hydrogen) atoms. The molecule has 0 radical (unpaired) electrons. The molecule has 0 aliphatic heterocycles. The summed E-state index contributed by atoms with van der Waals surface area (Å²) in [6, 6.07) is 54.4. The number of hydrogen-bond acceptors (Lipinski definition) is 3. The van der Waals surface area contributed by atoms with Crippen molar-refractivity contribution in [1.29, 1.82) is 0 Å². The van der Waals surface area contributed by atoms with E-state index in [-0.39, 0.29) is 6.17 Å². The third-order valence-electron chi connectivity index (χ3n) is 9.02. The summed E-state index contributed by atoms with van der Waals surface area (Å²) in [7, 11) is 2.03. The minimum Gasteiger partial charge on any atom is -0.321 e. The van der Waals surface area contributed by atoms with Crippen LogP contribution in [0.5, 0.6) is 0 Å². The summed E-state index contributed by atoms with van der Waals surface area (Å²) in [5.41, 5.74) is 9.21. The van der Waals surface area contributed by atoms with Gasteiger partial charge in [-0.2, -0.15) is 0 Å². The van der Waals surface area contributed by atoms with Crippen LogP contribution in [0.2, 0.25) is 0 Å². The topological polar surface area (TPSA) is 28.2 Å². The maximum Gasteiger partial charge on any atom is 0.110 e. The summed E-state index contributed by atoms with van der Waals surface area (Å²) in [5.74, 6) is 0. The van der Waals surface area contributed by atoms with Gasteiger partial charge in [0.05, 0.1) is 11.0 Å². The standard InChI is InChI=1S/C42H33N3/c1-28-12-6-11-19-38(28)45(33-15-4-3-5-16-33)42(43-2)32-22-20-31(21-23-32)39-36-26-24-29-13-7-9-17-34(29)40(36)44-41-35-18-10-8-14-30(35)25-27-37(39)41/h3-27,42-43H,1-2H3. The second-order valence-corrected chi connectivity index (χ2v) is 11.7. The highest BCUT2D eigenvalue weighted by Gasteiger charge is 2.23. The molecule has 0 saturated carbocycles. The van der Waals surface area contributed by atoms with E-state index in [0.717, 1.165) is 16.7 Å². The maximum absolute atomic E-state index is 5.36. The van der Waals surface area contributed by atoms with Crippen LogP contribution < -0.4 is 10.2 Å². The fourth-order valence-corrected chi connectivity index (χ4v) is 6.85. The molecule has 0 amide bonds. The summed E-state index contributed by atoms with van der Waals surface area (Å²) in [4.78, 5) is 7.75. The Bertz CT molecular complexity index is 2230. The summed E-state index contributed by atoms with van der Waals surface area (Å²) >= 11 is 0. The third-order valence-corrected chi connectivity index (χ3v) is 9.02. The van der Waals surface area contributed by atoms with Crippen molar-refractivity contribution in [3.05, 3.63) is 163 Å². The molecule has 1 N–H and O–H groups in total. The fraction of sp³-hybridized carbons (Fsp3) is 0.0714. The zero-order valence-corrected chi connectivity index (χ0v) is 25.4. The third kappa shape index (κ3) is 4.61. The van der Waals surface area contributed by atoms with Gasteiger partial charge in [0.25, 0.3) is 0 Å². The smallest absolute Gasteiger partial charge is 0.110 e. The Labute approximate surface area is 263 Å². The quantitative estimate of drug-likeness (QED) is 0.121. The highest BCUT2D eigenvalue weighted by molar-refractivity contribution is 6.21. The fourth-order valence-electron chi connectivity index (χ4n) is 6.85. The normalized spacial score (nSPS) is 12.2. The highest BCUT2D eigenvalue weighted by Crippen LogP contribution is 2.41. The van der Waals surface area contributed by atoms with Gasteiger partial charge in [-0.1, -0.05) is 133 Å². The van der Waals surface area contributed by atoms with Crippen molar-refractivity contribution in [3.63, 3.8) is 0 Å². The van der Waals surface area contributed by atoms with Gasteiger partial charge in [-0.25, -0.2) is 4.98 Å². The summed E-state index contributed by atoms with van der Waals surface area (Å²) in [5, 5.41) is 10.7. The first-order valence-electron chi connectivity index (χ1n) is 15.5. The van der Waals surface area contributed by atoms with Crippen LogP contribution in [0.1, 0.15) is 17.3 Å². The summed E-state index contributed by atoms with van der Waals surface area (Å²) in [6.07, 6.45) is -0.0682. The number of benzene rings is 7. The van der Waals surface area contributed by atoms with E-state index in [1.807, 2.05) is 7.05 Å². The van der Waals surface area contributed by atoms with Crippen molar-refractivity contribution in [2.24, 2.45) is 0 Å². The van der Waals surface area contributed by atoms with Gasteiger partial charge in [-0.15, -0.1) is 0 Å². The minimum absolute atomic E-state index is 0.0682. The average molecular weight is 580 g/mol. The van der Waals surface area contributed by atoms with E-state index in [2.05, 4.69) is 169 Å². The lowest BCUT2D eigenvalue weighted by Gasteiger charge is -2.35. The maximum atomic E-state index is 5.36. The largest absolute Gasteiger partial charge is 0.321 e. The Balaban J connectivity index is 1.33. The van der Waals surface area contributed by atoms with E-state index < -0.39 is 0 Å². The molecule has 1 aromatic heterocycles. The molecule has 1 unspecified atom stereocenters. The second-order valence-electron chi connectivity index (χ2n) is 11.7. The lowest BCUT2D eigenvalue weighted by molar-refractivity contribution is 0.602. The van der Waals surface area contributed by atoms with Crippen LogP contribution in [-0.2, 0) is 0 Å². The van der Waals surface area contributed by atoms with Gasteiger partial charge in [0, 0.05) is 38.5 Å². The van der Waals surface area contributed by atoms with Crippen molar-refractivity contribution < 1.29 is 0 Å². The Hall–Kier alpha value is -5.51. The van der Waals surface area contributed by atoms with Crippen LogP contribution >= 0.6 is 0 Å². The first-order chi connectivity index (χ1) is 22.2. The molecule has 0 saturated heterocycles. The Morgan fingerprint density at radius 3 is 1.69 bits per heavy atom. The molecule has 1 heterocycles. The van der Waals surface area contributed by atoms with Crippen LogP contribution in [0.4, 0.5) is 11.4 Å². The number of nitrogens with zero attached hydrogens (tertiary/aromatic N) is 2. The van der Waals surface area contributed by atoms with Crippen LogP contribution in [0.25, 0.3) is 54.5 Å². The number of pyridine rings is 1. The van der Waals surface area contributed by atoms with Gasteiger partial charge in [-0.3, -0.25) is 5.32 Å². The van der Waals surface area contributed by atoms with E-state index in [1.54, 1.807) is 0 Å². The average Bonchev–Trinajstić information content (AvgIpc) is 3.10. The molecule has 0 fully saturated rings. The number of rotatable bonds is 6. The van der Waals surface area contributed by atoms with Crippen LogP contribution in [0, 0.1) is 6.92 Å². The molecule has 8 rings (SSSR count). The molecular formula is C42H33N3. The Kier molecular flexibility index (Phi) is 6.74. The molecule has 0 aliphatic carbocycles. The number of anilines is 2. The van der Waals surface area contributed by atoms with Crippen LogP contribution in [0.3, 0.4) is 0 Å². The van der Waals surface area contributed by atoms with Gasteiger partial charge in [0.2, 0.25) is 0 Å². The molecule has 7 aromatic carbocycles.